The molecule has 0 unspecified atom stereocenters. The topological polar surface area (TPSA) is 198 Å². The molecular weight excluding hydrogens is 452 g/mol. The van der Waals surface area contributed by atoms with E-state index in [4.69, 9.17) is 14.1 Å². The Kier molecular flexibility index (Phi) is 6.86. The van der Waals surface area contributed by atoms with Gasteiger partial charge < -0.3 is 14.6 Å². The molecule has 5 N–H and O–H groups in total. The van der Waals surface area contributed by atoms with Crippen LogP contribution in [0.5, 0.6) is 5.75 Å². The first kappa shape index (κ1) is 24.0. The Morgan fingerprint density at radius 2 is 1.74 bits per heavy atom. The third-order valence-corrected chi connectivity index (χ3v) is 4.55. The summed E-state index contributed by atoms with van der Waals surface area (Å²) >= 11 is 0. The number of phenols is 1. The number of hydrogen-bond donors (Lipinski definition) is 4. The number of hydrogen-bond acceptors (Lipinski definition) is 8. The SMILES string of the molecule is CS(=O)(=O)O.Cc1ccc(/C=C(\C(=O)O)c2nc3cc(S(N)(=O)=O)ccc3o2)c(O)c1. The Morgan fingerprint density at radius 1 is 1.13 bits per heavy atom. The summed E-state index contributed by atoms with van der Waals surface area (Å²) in [7, 11) is -7.59. The lowest BCUT2D eigenvalue weighted by Gasteiger charge is -2.02. The van der Waals surface area contributed by atoms with Crippen molar-refractivity contribution < 1.29 is 40.8 Å². The lowest BCUT2D eigenvalue weighted by molar-refractivity contribution is -0.130. The number of benzene rings is 2. The second kappa shape index (κ2) is 8.85. The van der Waals surface area contributed by atoms with Gasteiger partial charge in [-0.15, -0.1) is 0 Å². The highest BCUT2D eigenvalue weighted by Crippen LogP contribution is 2.28. The summed E-state index contributed by atoms with van der Waals surface area (Å²) in [6.07, 6.45) is 1.94. The van der Waals surface area contributed by atoms with Crippen LogP contribution < -0.4 is 5.14 Å². The van der Waals surface area contributed by atoms with Gasteiger partial charge in [0.15, 0.2) is 5.58 Å². The van der Waals surface area contributed by atoms with Gasteiger partial charge in [0, 0.05) is 5.56 Å². The summed E-state index contributed by atoms with van der Waals surface area (Å²) in [4.78, 5) is 15.5. The van der Waals surface area contributed by atoms with Crippen molar-refractivity contribution in [3.05, 3.63) is 53.4 Å². The highest BCUT2D eigenvalue weighted by molar-refractivity contribution is 7.89. The van der Waals surface area contributed by atoms with E-state index in [2.05, 4.69) is 4.98 Å². The number of sulfonamides is 1. The maximum absolute atomic E-state index is 11.6. The third kappa shape index (κ3) is 6.89. The monoisotopic (exact) mass is 470 g/mol. The number of carboxylic acid groups (broad SMARTS) is 1. The Labute approximate surface area is 177 Å². The Bertz CT molecular complexity index is 1380. The van der Waals surface area contributed by atoms with Crippen molar-refractivity contribution >= 4 is 48.9 Å². The molecule has 11 nitrogen and oxygen atoms in total. The quantitative estimate of drug-likeness (QED) is 0.321. The van der Waals surface area contributed by atoms with Crippen LogP contribution in [-0.2, 0) is 24.9 Å². The second-order valence-corrected chi connectivity index (χ2v) is 9.38. The number of nitrogens with zero attached hydrogens (tertiary/aromatic N) is 1. The first-order valence-electron chi connectivity index (χ1n) is 8.26. The van der Waals surface area contributed by atoms with Crippen LogP contribution in [0.15, 0.2) is 45.7 Å². The van der Waals surface area contributed by atoms with Gasteiger partial charge in [0.25, 0.3) is 10.1 Å². The molecule has 31 heavy (non-hydrogen) atoms. The molecule has 0 aliphatic carbocycles. The van der Waals surface area contributed by atoms with Crippen molar-refractivity contribution in [3.63, 3.8) is 0 Å². The first-order valence-corrected chi connectivity index (χ1v) is 11.7. The number of rotatable bonds is 4. The van der Waals surface area contributed by atoms with Crippen LogP contribution in [0.3, 0.4) is 0 Å². The summed E-state index contributed by atoms with van der Waals surface area (Å²) in [5.74, 6) is -1.63. The van der Waals surface area contributed by atoms with Gasteiger partial charge in [0.2, 0.25) is 15.9 Å². The number of carboxylic acids is 1. The van der Waals surface area contributed by atoms with Crippen molar-refractivity contribution in [2.24, 2.45) is 5.14 Å². The molecule has 166 valence electrons. The van der Waals surface area contributed by atoms with Crippen molar-refractivity contribution in [3.8, 4) is 5.75 Å². The maximum Gasteiger partial charge on any atom is 0.341 e. The number of carbonyl (C=O) groups is 1. The van der Waals surface area contributed by atoms with Gasteiger partial charge in [-0.2, -0.15) is 8.42 Å². The summed E-state index contributed by atoms with van der Waals surface area (Å²) in [5.41, 5.74) is 1.14. The molecule has 0 aliphatic heterocycles. The summed E-state index contributed by atoms with van der Waals surface area (Å²) in [5, 5.41) is 24.5. The van der Waals surface area contributed by atoms with E-state index in [1.165, 1.54) is 30.3 Å². The van der Waals surface area contributed by atoms with Crippen molar-refractivity contribution in [1.29, 1.82) is 0 Å². The molecule has 0 aliphatic rings. The van der Waals surface area contributed by atoms with Gasteiger partial charge >= 0.3 is 5.97 Å². The minimum atomic E-state index is -3.93. The molecule has 1 heterocycles. The molecule has 3 aromatic rings. The van der Waals surface area contributed by atoms with Crippen molar-refractivity contribution in [2.45, 2.75) is 11.8 Å². The van der Waals surface area contributed by atoms with Gasteiger partial charge in [0.1, 0.15) is 16.8 Å². The Balaban J connectivity index is 0.000000614. The number of oxazole rings is 1. The van der Waals surface area contributed by atoms with Crippen LogP contribution >= 0.6 is 0 Å². The van der Waals surface area contributed by atoms with E-state index in [9.17, 15) is 31.8 Å². The molecule has 0 amide bonds. The van der Waals surface area contributed by atoms with E-state index < -0.39 is 26.1 Å². The van der Waals surface area contributed by atoms with Crippen LogP contribution in [-0.4, -0.2) is 48.8 Å². The molecule has 0 fully saturated rings. The first-order chi connectivity index (χ1) is 14.1. The molecule has 0 saturated heterocycles. The van der Waals surface area contributed by atoms with E-state index >= 15 is 0 Å². The van der Waals surface area contributed by atoms with Crippen molar-refractivity contribution in [1.82, 2.24) is 4.98 Å². The zero-order chi connectivity index (χ0) is 23.6. The van der Waals surface area contributed by atoms with E-state index in [-0.39, 0.29) is 38.8 Å². The molecule has 0 bridgehead atoms. The minimum absolute atomic E-state index is 0.0867. The fourth-order valence-corrected chi connectivity index (χ4v) is 2.88. The van der Waals surface area contributed by atoms with E-state index in [0.29, 0.717) is 6.26 Å². The Morgan fingerprint density at radius 3 is 2.26 bits per heavy atom. The van der Waals surface area contributed by atoms with Crippen LogP contribution in [0.4, 0.5) is 0 Å². The van der Waals surface area contributed by atoms with Crippen molar-refractivity contribution in [2.75, 3.05) is 6.26 Å². The molecule has 0 atom stereocenters. The standard InChI is InChI=1S/C17H14N2O6S.CH4O3S/c1-9-2-3-10(14(20)6-9)7-12(17(21)22)16-19-13-8-11(26(18,23)24)4-5-15(13)25-16;1-5(2,3)4/h2-8,20H,1H3,(H,21,22)(H2,18,23,24);1H3,(H,2,3,4)/b12-7-;. The van der Waals surface area contributed by atoms with E-state index in [0.717, 1.165) is 5.56 Å². The van der Waals surface area contributed by atoms with Gasteiger partial charge in [-0.3, -0.25) is 4.55 Å². The number of aliphatic carboxylic acids is 1. The van der Waals surface area contributed by atoms with Crippen LogP contribution in [0.2, 0.25) is 0 Å². The fourth-order valence-electron chi connectivity index (χ4n) is 2.35. The summed E-state index contributed by atoms with van der Waals surface area (Å²) in [6.45, 7) is 1.79. The predicted molar refractivity (Wildman–Crippen MR) is 111 cm³/mol. The number of phenolic OH excluding ortho intramolecular Hbond substituents is 1. The average molecular weight is 470 g/mol. The predicted octanol–water partition coefficient (Wildman–Crippen LogP) is 1.62. The van der Waals surface area contributed by atoms with Crippen LogP contribution in [0.25, 0.3) is 22.7 Å². The van der Waals surface area contributed by atoms with Gasteiger partial charge in [-0.05, 0) is 42.8 Å². The maximum atomic E-state index is 11.6. The van der Waals surface area contributed by atoms with E-state index in [1.54, 1.807) is 19.1 Å². The summed E-state index contributed by atoms with van der Waals surface area (Å²) < 4.78 is 54.1. The van der Waals surface area contributed by atoms with Gasteiger partial charge in [-0.25, -0.2) is 23.3 Å². The molecule has 1 aromatic heterocycles. The highest BCUT2D eigenvalue weighted by Gasteiger charge is 2.19. The largest absolute Gasteiger partial charge is 0.507 e. The zero-order valence-corrected chi connectivity index (χ0v) is 17.8. The van der Waals surface area contributed by atoms with Gasteiger partial charge in [0.05, 0.1) is 11.2 Å². The van der Waals surface area contributed by atoms with Crippen LogP contribution in [0, 0.1) is 6.92 Å². The lowest BCUT2D eigenvalue weighted by atomic mass is 10.1. The normalized spacial score (nSPS) is 12.3. The summed E-state index contributed by atoms with van der Waals surface area (Å²) in [6, 6.07) is 8.55. The minimum Gasteiger partial charge on any atom is -0.507 e. The number of nitrogens with two attached hydrogens (primary N) is 1. The molecule has 0 radical (unpaired) electrons. The number of aromatic hydroxyl groups is 1. The molecule has 13 heteroatoms. The Hall–Kier alpha value is -3.26. The molecule has 2 aromatic carbocycles. The molecule has 0 saturated carbocycles. The smallest absolute Gasteiger partial charge is 0.341 e. The highest BCUT2D eigenvalue weighted by atomic mass is 32.2. The van der Waals surface area contributed by atoms with Crippen LogP contribution in [0.1, 0.15) is 17.0 Å². The molecule has 3 rings (SSSR count). The number of aromatic nitrogens is 1. The average Bonchev–Trinajstić information content (AvgIpc) is 3.01. The third-order valence-electron chi connectivity index (χ3n) is 3.63. The zero-order valence-electron chi connectivity index (χ0n) is 16.2. The van der Waals surface area contributed by atoms with E-state index in [1.807, 2.05) is 0 Å². The number of fused-ring (bicyclic) bond motifs is 1. The molecular formula is C18H18N2O9S2. The lowest BCUT2D eigenvalue weighted by Crippen LogP contribution is -2.11. The van der Waals surface area contributed by atoms with Gasteiger partial charge in [-0.1, -0.05) is 12.1 Å². The second-order valence-electron chi connectivity index (χ2n) is 6.35. The molecule has 0 spiro atoms. The number of primary sulfonamides is 1. The number of aryl methyl sites for hydroxylation is 1. The fraction of sp³-hybridized carbons (Fsp3) is 0.111.